The number of carbonyl (C=O) groups is 1. The van der Waals surface area contributed by atoms with Crippen LogP contribution in [-0.4, -0.2) is 54.3 Å². The van der Waals surface area contributed by atoms with Crippen LogP contribution in [0.15, 0.2) is 77.8 Å². The summed E-state index contributed by atoms with van der Waals surface area (Å²) in [5.41, 5.74) is 2.41. The van der Waals surface area contributed by atoms with E-state index in [4.69, 9.17) is 14.5 Å². The van der Waals surface area contributed by atoms with Crippen molar-refractivity contribution >= 4 is 17.4 Å². The highest BCUT2D eigenvalue weighted by molar-refractivity contribution is 6.04. The van der Waals surface area contributed by atoms with Gasteiger partial charge in [0.1, 0.15) is 23.0 Å². The van der Waals surface area contributed by atoms with Crippen LogP contribution >= 0.6 is 0 Å². The molecule has 6 heteroatoms. The smallest absolute Gasteiger partial charge is 0.254 e. The number of ether oxygens (including phenoxy) is 2. The van der Waals surface area contributed by atoms with E-state index in [0.29, 0.717) is 30.9 Å². The number of nitrogens with zero attached hydrogens (tertiary/aromatic N) is 3. The molecular formula is C26H25N3O3. The third-order valence-electron chi connectivity index (χ3n) is 5.94. The number of aliphatic imine (C=N–C) groups is 1. The lowest BCUT2D eigenvalue weighted by atomic mass is 10.1. The van der Waals surface area contributed by atoms with Crippen LogP contribution in [0.1, 0.15) is 22.8 Å². The lowest BCUT2D eigenvalue weighted by Crippen LogP contribution is -2.55. The molecule has 2 aliphatic rings. The number of piperazine rings is 1. The Morgan fingerprint density at radius 2 is 1.78 bits per heavy atom. The maximum Gasteiger partial charge on any atom is 0.254 e. The van der Waals surface area contributed by atoms with Gasteiger partial charge in [-0.25, -0.2) is 4.99 Å². The van der Waals surface area contributed by atoms with Gasteiger partial charge in [-0.3, -0.25) is 4.79 Å². The minimum absolute atomic E-state index is 0.0212. The normalized spacial score (nSPS) is 17.4. The highest BCUT2D eigenvalue weighted by Crippen LogP contribution is 2.38. The molecule has 2 heterocycles. The van der Waals surface area contributed by atoms with Gasteiger partial charge in [-0.05, 0) is 49.4 Å². The summed E-state index contributed by atoms with van der Waals surface area (Å²) < 4.78 is 11.5. The van der Waals surface area contributed by atoms with Gasteiger partial charge in [0.05, 0.1) is 12.7 Å². The monoisotopic (exact) mass is 427 g/mol. The molecule has 1 saturated heterocycles. The molecule has 0 N–H and O–H groups in total. The number of fused-ring (bicyclic) bond motifs is 2. The fourth-order valence-electron chi connectivity index (χ4n) is 4.28. The summed E-state index contributed by atoms with van der Waals surface area (Å²) in [6.07, 6.45) is 0. The van der Waals surface area contributed by atoms with Crippen LogP contribution < -0.4 is 9.47 Å². The van der Waals surface area contributed by atoms with E-state index in [2.05, 4.69) is 11.8 Å². The van der Waals surface area contributed by atoms with Crippen molar-refractivity contribution in [2.75, 3.05) is 26.7 Å². The van der Waals surface area contributed by atoms with Crippen LogP contribution in [0.3, 0.4) is 0 Å². The number of para-hydroxylation sites is 3. The third kappa shape index (κ3) is 3.68. The van der Waals surface area contributed by atoms with Crippen molar-refractivity contribution in [2.24, 2.45) is 4.99 Å². The minimum atomic E-state index is 0.0212. The van der Waals surface area contributed by atoms with E-state index in [0.717, 1.165) is 28.6 Å². The van der Waals surface area contributed by atoms with E-state index in [1.54, 1.807) is 13.2 Å². The van der Waals surface area contributed by atoms with Crippen molar-refractivity contribution in [2.45, 2.75) is 13.0 Å². The first-order chi connectivity index (χ1) is 15.6. The number of benzene rings is 3. The number of methoxy groups -OCH3 is 1. The molecule has 6 nitrogen and oxygen atoms in total. The SMILES string of the molecule is COc1cccc(C(=O)N2CCN(C3=Nc4ccccc4Oc4ccccc43)C[C@H]2C)c1. The molecule has 162 valence electrons. The summed E-state index contributed by atoms with van der Waals surface area (Å²) in [4.78, 5) is 22.4. The van der Waals surface area contributed by atoms with Crippen LogP contribution in [0.4, 0.5) is 5.69 Å². The van der Waals surface area contributed by atoms with Gasteiger partial charge in [-0.2, -0.15) is 0 Å². The lowest BCUT2D eigenvalue weighted by Gasteiger charge is -2.41. The Balaban J connectivity index is 1.42. The Labute approximate surface area is 187 Å². The summed E-state index contributed by atoms with van der Waals surface area (Å²) >= 11 is 0. The van der Waals surface area contributed by atoms with Gasteiger partial charge in [-0.1, -0.05) is 30.3 Å². The van der Waals surface area contributed by atoms with Gasteiger partial charge in [0, 0.05) is 31.2 Å². The predicted molar refractivity (Wildman–Crippen MR) is 124 cm³/mol. The van der Waals surface area contributed by atoms with Crippen molar-refractivity contribution in [3.05, 3.63) is 83.9 Å². The second-order valence-corrected chi connectivity index (χ2v) is 8.03. The van der Waals surface area contributed by atoms with Crippen LogP contribution in [-0.2, 0) is 0 Å². The quantitative estimate of drug-likeness (QED) is 0.594. The molecule has 1 atom stereocenters. The maximum absolute atomic E-state index is 13.2. The molecule has 0 aromatic heterocycles. The Bertz CT molecular complexity index is 1190. The van der Waals surface area contributed by atoms with E-state index in [1.165, 1.54) is 0 Å². The molecule has 0 saturated carbocycles. The van der Waals surface area contributed by atoms with Gasteiger partial charge in [0.25, 0.3) is 5.91 Å². The second-order valence-electron chi connectivity index (χ2n) is 8.03. The Morgan fingerprint density at radius 1 is 1.00 bits per heavy atom. The largest absolute Gasteiger partial charge is 0.497 e. The van der Waals surface area contributed by atoms with Gasteiger partial charge >= 0.3 is 0 Å². The average Bonchev–Trinajstić information content (AvgIpc) is 3.00. The fourth-order valence-corrected chi connectivity index (χ4v) is 4.28. The molecule has 3 aromatic carbocycles. The van der Waals surface area contributed by atoms with E-state index in [-0.39, 0.29) is 11.9 Å². The summed E-state index contributed by atoms with van der Waals surface area (Å²) in [6.45, 7) is 4.07. The number of amides is 1. The molecule has 0 aliphatic carbocycles. The fraction of sp³-hybridized carbons (Fsp3) is 0.231. The average molecular weight is 428 g/mol. The molecule has 3 aromatic rings. The minimum Gasteiger partial charge on any atom is -0.497 e. The molecule has 0 spiro atoms. The van der Waals surface area contributed by atoms with Crippen molar-refractivity contribution in [3.8, 4) is 17.2 Å². The van der Waals surface area contributed by atoms with Crippen molar-refractivity contribution in [1.29, 1.82) is 0 Å². The molecule has 0 bridgehead atoms. The van der Waals surface area contributed by atoms with Gasteiger partial charge in [0.2, 0.25) is 0 Å². The predicted octanol–water partition coefficient (Wildman–Crippen LogP) is 4.73. The zero-order valence-corrected chi connectivity index (χ0v) is 18.2. The van der Waals surface area contributed by atoms with Crippen molar-refractivity contribution in [3.63, 3.8) is 0 Å². The van der Waals surface area contributed by atoms with Crippen molar-refractivity contribution in [1.82, 2.24) is 9.80 Å². The lowest BCUT2D eigenvalue weighted by molar-refractivity contribution is 0.0581. The van der Waals surface area contributed by atoms with Gasteiger partial charge in [0.15, 0.2) is 5.75 Å². The first-order valence-corrected chi connectivity index (χ1v) is 10.8. The first-order valence-electron chi connectivity index (χ1n) is 10.8. The van der Waals surface area contributed by atoms with Gasteiger partial charge in [-0.15, -0.1) is 0 Å². The number of amidine groups is 1. The highest BCUT2D eigenvalue weighted by atomic mass is 16.5. The first kappa shape index (κ1) is 20.1. The van der Waals surface area contributed by atoms with E-state index in [1.807, 2.05) is 71.6 Å². The number of rotatable bonds is 2. The molecule has 5 rings (SSSR count). The number of hydrogen-bond donors (Lipinski definition) is 0. The third-order valence-corrected chi connectivity index (χ3v) is 5.94. The topological polar surface area (TPSA) is 54.4 Å². The number of carbonyl (C=O) groups excluding carboxylic acids is 1. The Morgan fingerprint density at radius 3 is 2.59 bits per heavy atom. The summed E-state index contributed by atoms with van der Waals surface area (Å²) in [5.74, 6) is 3.12. The molecule has 2 aliphatic heterocycles. The molecule has 0 radical (unpaired) electrons. The van der Waals surface area contributed by atoms with E-state index in [9.17, 15) is 4.79 Å². The highest BCUT2D eigenvalue weighted by Gasteiger charge is 2.32. The van der Waals surface area contributed by atoms with Crippen LogP contribution in [0.25, 0.3) is 0 Å². The molecule has 1 amide bonds. The Kier molecular flexibility index (Phi) is 5.27. The second kappa shape index (κ2) is 8.38. The zero-order valence-electron chi connectivity index (χ0n) is 18.2. The van der Waals surface area contributed by atoms with Crippen LogP contribution in [0.2, 0.25) is 0 Å². The molecule has 0 unspecified atom stereocenters. The van der Waals surface area contributed by atoms with Crippen molar-refractivity contribution < 1.29 is 14.3 Å². The molecule has 1 fully saturated rings. The Hall–Kier alpha value is -3.80. The molecule has 32 heavy (non-hydrogen) atoms. The summed E-state index contributed by atoms with van der Waals surface area (Å²) in [5, 5.41) is 0. The summed E-state index contributed by atoms with van der Waals surface area (Å²) in [6, 6.07) is 23.1. The van der Waals surface area contributed by atoms with E-state index < -0.39 is 0 Å². The summed E-state index contributed by atoms with van der Waals surface area (Å²) in [7, 11) is 1.61. The van der Waals surface area contributed by atoms with E-state index >= 15 is 0 Å². The van der Waals surface area contributed by atoms with Crippen LogP contribution in [0.5, 0.6) is 17.2 Å². The maximum atomic E-state index is 13.2. The zero-order chi connectivity index (χ0) is 22.1. The van der Waals surface area contributed by atoms with Gasteiger partial charge < -0.3 is 19.3 Å². The number of hydrogen-bond acceptors (Lipinski definition) is 5. The van der Waals surface area contributed by atoms with Crippen LogP contribution in [0, 0.1) is 0 Å². The molecular weight excluding hydrogens is 402 g/mol. The standard InChI is InChI=1S/C26H25N3O3/c1-18-17-28(14-15-29(18)26(30)19-8-7-9-20(16-19)31-2)25-21-10-3-5-12-23(21)32-24-13-6-4-11-22(24)27-25/h3-13,16,18H,14-15,17H2,1-2H3/t18-/m1/s1.